The number of allylic oxidation sites excluding steroid dienone is 14. The van der Waals surface area contributed by atoms with Gasteiger partial charge in [-0.05, 0) is 83.5 Å². The molecule has 0 spiro atoms. The standard InChI is InChI=1S/C76H134O6/c1-4-7-10-13-16-19-22-25-27-29-30-31-32-33-34-35-36-37-38-39-40-41-42-43-44-45-47-48-51-54-57-60-63-66-69-75(78)81-72-73(71-80-74(77)68-65-62-59-56-53-50-24-21-18-15-12-9-6-3)82-76(79)70-67-64-61-58-55-52-49-46-28-26-23-20-17-14-11-8-5-2/h8,11-12,15,17,20-21,24,26,28,49,52,58,61,73H,4-7,9-10,13-14,16,18-19,22-23,25,27,29-48,50-51,53-57,59-60,62-72H2,1-3H3/b11-8-,15-12-,20-17-,24-21-,28-26-,52-49-,61-58-. The molecule has 6 heteroatoms. The summed E-state index contributed by atoms with van der Waals surface area (Å²) in [5, 5.41) is 0. The summed E-state index contributed by atoms with van der Waals surface area (Å²) in [7, 11) is 0. The zero-order valence-electron chi connectivity index (χ0n) is 54.5. The highest BCUT2D eigenvalue weighted by atomic mass is 16.6. The third-order valence-electron chi connectivity index (χ3n) is 15.6. The van der Waals surface area contributed by atoms with Gasteiger partial charge in [-0.15, -0.1) is 0 Å². The van der Waals surface area contributed by atoms with Crippen LogP contribution in [0.2, 0.25) is 0 Å². The Morgan fingerprint density at radius 2 is 0.512 bits per heavy atom. The lowest BCUT2D eigenvalue weighted by Gasteiger charge is -2.18. The van der Waals surface area contributed by atoms with E-state index in [-0.39, 0.29) is 37.5 Å². The second-order valence-electron chi connectivity index (χ2n) is 23.8. The number of hydrogen-bond donors (Lipinski definition) is 0. The number of unbranched alkanes of at least 4 members (excludes halogenated alkanes) is 40. The van der Waals surface area contributed by atoms with Crippen molar-refractivity contribution in [1.82, 2.24) is 0 Å². The van der Waals surface area contributed by atoms with Gasteiger partial charge in [-0.3, -0.25) is 14.4 Å². The van der Waals surface area contributed by atoms with Crippen molar-refractivity contribution in [2.24, 2.45) is 0 Å². The Kier molecular flexibility index (Phi) is 67.2. The van der Waals surface area contributed by atoms with E-state index in [1.165, 1.54) is 205 Å². The molecule has 0 saturated heterocycles. The predicted octanol–water partition coefficient (Wildman–Crippen LogP) is 24.6. The van der Waals surface area contributed by atoms with Crippen LogP contribution < -0.4 is 0 Å². The molecular weight excluding hydrogens is 1010 g/mol. The molecule has 0 N–H and O–H groups in total. The van der Waals surface area contributed by atoms with Crippen molar-refractivity contribution < 1.29 is 28.6 Å². The molecule has 0 aromatic carbocycles. The number of hydrogen-bond acceptors (Lipinski definition) is 6. The Balaban J connectivity index is 4.15. The number of carbonyl (C=O) groups is 3. The van der Waals surface area contributed by atoms with Gasteiger partial charge in [0.2, 0.25) is 0 Å². The van der Waals surface area contributed by atoms with Crippen molar-refractivity contribution in [3.63, 3.8) is 0 Å². The van der Waals surface area contributed by atoms with Gasteiger partial charge in [-0.2, -0.15) is 0 Å². The van der Waals surface area contributed by atoms with Crippen LogP contribution >= 0.6 is 0 Å². The van der Waals surface area contributed by atoms with Gasteiger partial charge >= 0.3 is 17.9 Å². The molecular formula is C76H134O6. The van der Waals surface area contributed by atoms with E-state index >= 15 is 0 Å². The fourth-order valence-corrected chi connectivity index (χ4v) is 10.3. The highest BCUT2D eigenvalue weighted by Gasteiger charge is 2.19. The molecule has 1 unspecified atom stereocenters. The second-order valence-corrected chi connectivity index (χ2v) is 23.8. The molecule has 1 atom stereocenters. The average Bonchev–Trinajstić information content (AvgIpc) is 3.47. The van der Waals surface area contributed by atoms with Crippen LogP contribution in [0.5, 0.6) is 0 Å². The lowest BCUT2D eigenvalue weighted by atomic mass is 10.0. The summed E-state index contributed by atoms with van der Waals surface area (Å²) in [4.78, 5) is 38.3. The van der Waals surface area contributed by atoms with Gasteiger partial charge in [-0.1, -0.05) is 343 Å². The molecule has 0 aliphatic heterocycles. The molecule has 0 saturated carbocycles. The smallest absolute Gasteiger partial charge is 0.306 e. The van der Waals surface area contributed by atoms with E-state index in [0.29, 0.717) is 19.3 Å². The predicted molar refractivity (Wildman–Crippen MR) is 358 cm³/mol. The van der Waals surface area contributed by atoms with Crippen LogP contribution in [-0.4, -0.2) is 37.2 Å². The SMILES string of the molecule is CC/C=C\C/C=C\C/C=C\C/C=C\C/C=C\CCCC(=O)OC(COC(=O)CCCCCCC/C=C\C/C=C\CCC)COC(=O)CCCCCCCCCCCCCCCCCCCCCCCCCCCCCCCCCCCC. The summed E-state index contributed by atoms with van der Waals surface area (Å²) in [5.41, 5.74) is 0. The van der Waals surface area contributed by atoms with Crippen LogP contribution in [0.15, 0.2) is 85.1 Å². The van der Waals surface area contributed by atoms with Gasteiger partial charge in [0.25, 0.3) is 0 Å². The molecule has 0 rings (SSSR count). The van der Waals surface area contributed by atoms with Crippen molar-refractivity contribution >= 4 is 17.9 Å². The van der Waals surface area contributed by atoms with E-state index in [1.807, 2.05) is 0 Å². The number of rotatable bonds is 65. The largest absolute Gasteiger partial charge is 0.462 e. The molecule has 0 amide bonds. The molecule has 0 fully saturated rings. The van der Waals surface area contributed by atoms with Gasteiger partial charge in [0.1, 0.15) is 13.2 Å². The van der Waals surface area contributed by atoms with Gasteiger partial charge in [-0.25, -0.2) is 0 Å². The topological polar surface area (TPSA) is 78.9 Å². The first-order valence-electron chi connectivity index (χ1n) is 35.6. The second kappa shape index (κ2) is 70.1. The first kappa shape index (κ1) is 78.6. The van der Waals surface area contributed by atoms with E-state index in [4.69, 9.17) is 14.2 Å². The Bertz CT molecular complexity index is 1550. The fraction of sp³-hybridized carbons (Fsp3) is 0.776. The van der Waals surface area contributed by atoms with Crippen LogP contribution in [0.1, 0.15) is 361 Å². The third kappa shape index (κ3) is 67.4. The third-order valence-corrected chi connectivity index (χ3v) is 15.6. The van der Waals surface area contributed by atoms with Crippen molar-refractivity contribution in [1.29, 1.82) is 0 Å². The summed E-state index contributed by atoms with van der Waals surface area (Å²) < 4.78 is 16.9. The lowest BCUT2D eigenvalue weighted by Crippen LogP contribution is -2.30. The first-order chi connectivity index (χ1) is 40.5. The molecule has 0 heterocycles. The maximum Gasteiger partial charge on any atom is 0.306 e. The maximum atomic E-state index is 12.9. The van der Waals surface area contributed by atoms with E-state index in [0.717, 1.165) is 109 Å². The molecule has 0 aromatic rings. The van der Waals surface area contributed by atoms with Crippen molar-refractivity contribution in [2.75, 3.05) is 13.2 Å². The van der Waals surface area contributed by atoms with Gasteiger partial charge in [0.15, 0.2) is 6.10 Å². The van der Waals surface area contributed by atoms with Crippen LogP contribution in [0.4, 0.5) is 0 Å². The molecule has 474 valence electrons. The summed E-state index contributed by atoms with van der Waals surface area (Å²) in [6, 6.07) is 0. The van der Waals surface area contributed by atoms with Crippen LogP contribution in [0, 0.1) is 0 Å². The summed E-state index contributed by atoms with van der Waals surface area (Å²) in [5.74, 6) is -0.962. The minimum atomic E-state index is -0.813. The molecule has 82 heavy (non-hydrogen) atoms. The quantitative estimate of drug-likeness (QED) is 0.0261. The maximum absolute atomic E-state index is 12.9. The Morgan fingerprint density at radius 1 is 0.256 bits per heavy atom. The van der Waals surface area contributed by atoms with E-state index < -0.39 is 6.10 Å². The summed E-state index contributed by atoms with van der Waals surface area (Å²) >= 11 is 0. The zero-order chi connectivity index (χ0) is 59.2. The van der Waals surface area contributed by atoms with Crippen molar-refractivity contribution in [3.05, 3.63) is 85.1 Å². The molecule has 0 aromatic heterocycles. The van der Waals surface area contributed by atoms with Gasteiger partial charge in [0.05, 0.1) is 0 Å². The van der Waals surface area contributed by atoms with Gasteiger partial charge in [0, 0.05) is 19.3 Å². The fourth-order valence-electron chi connectivity index (χ4n) is 10.3. The lowest BCUT2D eigenvalue weighted by molar-refractivity contribution is -0.167. The van der Waals surface area contributed by atoms with Crippen LogP contribution in [0.3, 0.4) is 0 Å². The molecule has 6 nitrogen and oxygen atoms in total. The van der Waals surface area contributed by atoms with Gasteiger partial charge < -0.3 is 14.2 Å². The average molecular weight is 1140 g/mol. The summed E-state index contributed by atoms with van der Waals surface area (Å²) in [6.07, 6.45) is 93.7. The molecule has 0 radical (unpaired) electrons. The van der Waals surface area contributed by atoms with Crippen LogP contribution in [-0.2, 0) is 28.6 Å². The highest BCUT2D eigenvalue weighted by Crippen LogP contribution is 2.18. The van der Waals surface area contributed by atoms with Crippen LogP contribution in [0.25, 0.3) is 0 Å². The highest BCUT2D eigenvalue weighted by molar-refractivity contribution is 5.71. The molecule has 0 aliphatic rings. The monoisotopic (exact) mass is 1140 g/mol. The van der Waals surface area contributed by atoms with E-state index in [2.05, 4.69) is 106 Å². The van der Waals surface area contributed by atoms with E-state index in [1.54, 1.807) is 0 Å². The molecule has 0 bridgehead atoms. The van der Waals surface area contributed by atoms with Crippen molar-refractivity contribution in [2.45, 2.75) is 367 Å². The Morgan fingerprint density at radius 3 is 0.829 bits per heavy atom. The molecule has 0 aliphatic carbocycles. The van der Waals surface area contributed by atoms with Crippen molar-refractivity contribution in [3.8, 4) is 0 Å². The first-order valence-corrected chi connectivity index (χ1v) is 35.6. The van der Waals surface area contributed by atoms with E-state index in [9.17, 15) is 14.4 Å². The number of ether oxygens (including phenoxy) is 3. The zero-order valence-corrected chi connectivity index (χ0v) is 54.5. The number of carbonyl (C=O) groups excluding carboxylic acids is 3. The Hall–Kier alpha value is -3.41. The summed E-state index contributed by atoms with van der Waals surface area (Å²) in [6.45, 7) is 6.45. The normalized spacial score (nSPS) is 12.6. The number of esters is 3. The minimum absolute atomic E-state index is 0.101. The Labute approximate surface area is 509 Å². The minimum Gasteiger partial charge on any atom is -0.462 e.